The lowest BCUT2D eigenvalue weighted by Gasteiger charge is -2.09. The van der Waals surface area contributed by atoms with Crippen molar-refractivity contribution in [1.82, 2.24) is 0 Å². The molecule has 0 aliphatic rings. The van der Waals surface area contributed by atoms with Crippen LogP contribution in [0.5, 0.6) is 0 Å². The molecule has 0 aliphatic heterocycles. The number of anilines is 1. The van der Waals surface area contributed by atoms with Crippen molar-refractivity contribution in [3.8, 4) is 0 Å². The molecule has 2 rings (SSSR count). The minimum atomic E-state index is -4.50. The van der Waals surface area contributed by atoms with Gasteiger partial charge in [-0.1, -0.05) is 6.07 Å². The van der Waals surface area contributed by atoms with Crippen molar-refractivity contribution < 1.29 is 21.8 Å². The number of hydrogen-bond donors (Lipinski definition) is 1. The zero-order valence-corrected chi connectivity index (χ0v) is 11.5. The summed E-state index contributed by atoms with van der Waals surface area (Å²) in [5.41, 5.74) is 5.30. The van der Waals surface area contributed by atoms with Crippen molar-refractivity contribution >= 4 is 16.5 Å². The average Bonchev–Trinajstić information content (AvgIpc) is 2.42. The van der Waals surface area contributed by atoms with Crippen molar-refractivity contribution in [1.29, 1.82) is 0 Å². The smallest absolute Gasteiger partial charge is 0.398 e. The molecule has 0 radical (unpaired) electrons. The van der Waals surface area contributed by atoms with E-state index in [9.17, 15) is 21.8 Å². The van der Waals surface area contributed by atoms with E-state index in [1.807, 2.05) is 0 Å². The summed E-state index contributed by atoms with van der Waals surface area (Å²) < 4.78 is 63.1. The van der Waals surface area contributed by atoms with E-state index in [-0.39, 0.29) is 16.3 Å². The number of alkyl halides is 3. The number of nitrogen functional groups attached to an aromatic ring is 1. The number of rotatable bonds is 3. The third-order valence-corrected chi connectivity index (χ3v) is 4.17. The monoisotopic (exact) mass is 317 g/mol. The van der Waals surface area contributed by atoms with Gasteiger partial charge in [-0.15, -0.1) is 0 Å². The molecule has 2 nitrogen and oxygen atoms in total. The molecule has 0 saturated carbocycles. The molecule has 1 atom stereocenters. The summed E-state index contributed by atoms with van der Waals surface area (Å²) in [5.74, 6) is -0.689. The summed E-state index contributed by atoms with van der Waals surface area (Å²) in [6, 6.07) is 7.86. The number of benzene rings is 2. The standard InChI is InChI=1S/C14H11F4NOS/c15-11-4-5-13(19)9(6-11)8-21(20)12-3-1-2-10(7-12)14(16,17)18/h1-7H,8,19H2. The third kappa shape index (κ3) is 3.81. The highest BCUT2D eigenvalue weighted by Crippen LogP contribution is 2.30. The molecular weight excluding hydrogens is 306 g/mol. The third-order valence-electron chi connectivity index (χ3n) is 2.82. The molecule has 0 spiro atoms. The van der Waals surface area contributed by atoms with Gasteiger partial charge in [0.1, 0.15) is 5.82 Å². The second kappa shape index (κ2) is 5.85. The highest BCUT2D eigenvalue weighted by molar-refractivity contribution is 7.84. The quantitative estimate of drug-likeness (QED) is 0.692. The molecule has 1 unspecified atom stereocenters. The van der Waals surface area contributed by atoms with Crippen molar-refractivity contribution in [2.75, 3.05) is 5.73 Å². The molecule has 0 amide bonds. The normalized spacial score (nSPS) is 13.1. The van der Waals surface area contributed by atoms with Crippen LogP contribution in [0.1, 0.15) is 11.1 Å². The Bertz CT molecular complexity index is 685. The Kier molecular flexibility index (Phi) is 4.32. The van der Waals surface area contributed by atoms with E-state index >= 15 is 0 Å². The molecule has 0 aromatic heterocycles. The Balaban J connectivity index is 2.27. The summed E-state index contributed by atoms with van der Waals surface area (Å²) >= 11 is 0. The van der Waals surface area contributed by atoms with Crippen LogP contribution in [0.4, 0.5) is 23.2 Å². The summed E-state index contributed by atoms with van der Waals surface area (Å²) in [4.78, 5) is 0.0217. The molecule has 0 heterocycles. The van der Waals surface area contributed by atoms with Crippen LogP contribution in [0, 0.1) is 5.82 Å². The number of hydrogen-bond acceptors (Lipinski definition) is 2. The van der Waals surface area contributed by atoms with Crippen LogP contribution in [0.3, 0.4) is 0 Å². The van der Waals surface area contributed by atoms with Gasteiger partial charge in [-0.2, -0.15) is 13.2 Å². The van der Waals surface area contributed by atoms with Crippen molar-refractivity contribution in [2.45, 2.75) is 16.8 Å². The fourth-order valence-electron chi connectivity index (χ4n) is 1.74. The van der Waals surface area contributed by atoms with Gasteiger partial charge in [0.2, 0.25) is 0 Å². The van der Waals surface area contributed by atoms with Gasteiger partial charge in [0, 0.05) is 10.6 Å². The number of halogens is 4. The van der Waals surface area contributed by atoms with Crippen LogP contribution < -0.4 is 5.73 Å². The predicted octanol–water partition coefficient (Wildman–Crippen LogP) is 3.73. The highest BCUT2D eigenvalue weighted by atomic mass is 32.2. The zero-order valence-electron chi connectivity index (χ0n) is 10.7. The Morgan fingerprint density at radius 2 is 1.81 bits per heavy atom. The first-order valence-corrected chi connectivity index (χ1v) is 7.19. The van der Waals surface area contributed by atoms with Crippen molar-refractivity contribution in [2.24, 2.45) is 0 Å². The fraction of sp³-hybridized carbons (Fsp3) is 0.143. The molecule has 112 valence electrons. The average molecular weight is 317 g/mol. The van der Waals surface area contributed by atoms with Gasteiger partial charge < -0.3 is 5.73 Å². The van der Waals surface area contributed by atoms with Gasteiger partial charge in [0.25, 0.3) is 0 Å². The Morgan fingerprint density at radius 3 is 2.48 bits per heavy atom. The molecule has 0 aliphatic carbocycles. The van der Waals surface area contributed by atoms with Crippen LogP contribution >= 0.6 is 0 Å². The van der Waals surface area contributed by atoms with Crippen LogP contribution in [-0.4, -0.2) is 4.21 Å². The van der Waals surface area contributed by atoms with Crippen molar-refractivity contribution in [3.05, 3.63) is 59.4 Å². The van der Waals surface area contributed by atoms with E-state index in [4.69, 9.17) is 5.73 Å². The van der Waals surface area contributed by atoms with Crippen molar-refractivity contribution in [3.63, 3.8) is 0 Å². The predicted molar refractivity (Wildman–Crippen MR) is 72.4 cm³/mol. The molecule has 7 heteroatoms. The minimum Gasteiger partial charge on any atom is -0.398 e. The summed E-state index contributed by atoms with van der Waals surface area (Å²) in [5, 5.41) is 0. The summed E-state index contributed by atoms with van der Waals surface area (Å²) in [6.07, 6.45) is -4.50. The molecule has 0 fully saturated rings. The second-order valence-electron chi connectivity index (χ2n) is 4.36. The first-order chi connectivity index (χ1) is 9.77. The Morgan fingerprint density at radius 1 is 1.10 bits per heavy atom. The van der Waals surface area contributed by atoms with Gasteiger partial charge in [-0.25, -0.2) is 4.39 Å². The minimum absolute atomic E-state index is 0.0217. The van der Waals surface area contributed by atoms with Crippen LogP contribution in [0.2, 0.25) is 0 Å². The zero-order chi connectivity index (χ0) is 15.6. The van der Waals surface area contributed by atoms with Crippen LogP contribution in [0.15, 0.2) is 47.4 Å². The van der Waals surface area contributed by atoms with E-state index in [2.05, 4.69) is 0 Å². The lowest BCUT2D eigenvalue weighted by Crippen LogP contribution is -2.07. The van der Waals surface area contributed by atoms with E-state index in [0.29, 0.717) is 5.56 Å². The molecule has 2 aromatic rings. The Hall–Kier alpha value is -1.89. The van der Waals surface area contributed by atoms with Crippen LogP contribution in [-0.2, 0) is 22.7 Å². The molecule has 0 saturated heterocycles. The van der Waals surface area contributed by atoms with Gasteiger partial charge >= 0.3 is 6.18 Å². The second-order valence-corrected chi connectivity index (χ2v) is 5.81. The SMILES string of the molecule is Nc1ccc(F)cc1CS(=O)c1cccc(C(F)(F)F)c1. The molecule has 0 bridgehead atoms. The topological polar surface area (TPSA) is 43.1 Å². The Labute approximate surface area is 121 Å². The maximum atomic E-state index is 13.1. The van der Waals surface area contributed by atoms with Gasteiger partial charge in [-0.05, 0) is 42.0 Å². The fourth-order valence-corrected chi connectivity index (χ4v) is 2.93. The van der Waals surface area contributed by atoms with Gasteiger partial charge in [-0.3, -0.25) is 4.21 Å². The maximum Gasteiger partial charge on any atom is 0.416 e. The largest absolute Gasteiger partial charge is 0.416 e. The van der Waals surface area contributed by atoms with Gasteiger partial charge in [0.05, 0.1) is 22.1 Å². The highest BCUT2D eigenvalue weighted by Gasteiger charge is 2.30. The maximum absolute atomic E-state index is 13.1. The number of nitrogens with two attached hydrogens (primary N) is 1. The van der Waals surface area contributed by atoms with Crippen LogP contribution in [0.25, 0.3) is 0 Å². The first kappa shape index (κ1) is 15.5. The molecule has 21 heavy (non-hydrogen) atoms. The summed E-state index contributed by atoms with van der Waals surface area (Å²) in [6.45, 7) is 0. The lowest BCUT2D eigenvalue weighted by molar-refractivity contribution is -0.137. The summed E-state index contributed by atoms with van der Waals surface area (Å²) in [7, 11) is -1.74. The van der Waals surface area contributed by atoms with E-state index in [1.54, 1.807) is 0 Å². The lowest BCUT2D eigenvalue weighted by atomic mass is 10.2. The van der Waals surface area contributed by atoms with E-state index in [0.717, 1.165) is 24.3 Å². The molecule has 2 aromatic carbocycles. The first-order valence-electron chi connectivity index (χ1n) is 5.87. The van der Waals surface area contributed by atoms with E-state index in [1.165, 1.54) is 18.2 Å². The van der Waals surface area contributed by atoms with Gasteiger partial charge in [0.15, 0.2) is 0 Å². The molecular formula is C14H11F4NOS. The van der Waals surface area contributed by atoms with E-state index < -0.39 is 28.4 Å². The molecule has 2 N–H and O–H groups in total.